The number of benzene rings is 1. The van der Waals surface area contributed by atoms with Crippen LogP contribution in [0.1, 0.15) is 11.4 Å². The van der Waals surface area contributed by atoms with Crippen molar-refractivity contribution in [2.45, 2.75) is 6.92 Å². The molecule has 1 aromatic heterocycles. The second kappa shape index (κ2) is 5.36. The van der Waals surface area contributed by atoms with Crippen molar-refractivity contribution in [3.05, 3.63) is 41.7 Å². The number of anilines is 3. The molecule has 0 aliphatic carbocycles. The molecule has 96 valence electrons. The molecule has 5 heteroatoms. The van der Waals surface area contributed by atoms with Gasteiger partial charge in [-0.05, 0) is 31.2 Å². The fraction of sp³-hybridized carbons (Fsp3) is 0.214. The van der Waals surface area contributed by atoms with E-state index in [1.807, 2.05) is 56.3 Å². The van der Waals surface area contributed by atoms with Crippen LogP contribution < -0.4 is 10.2 Å². The van der Waals surface area contributed by atoms with Crippen LogP contribution in [0, 0.1) is 18.3 Å². The molecule has 0 atom stereocenters. The highest BCUT2D eigenvalue weighted by atomic mass is 15.1. The Morgan fingerprint density at radius 1 is 1.21 bits per heavy atom. The summed E-state index contributed by atoms with van der Waals surface area (Å²) in [5.74, 6) is 0.437. The van der Waals surface area contributed by atoms with E-state index in [-0.39, 0.29) is 0 Å². The van der Waals surface area contributed by atoms with Crippen molar-refractivity contribution in [2.24, 2.45) is 0 Å². The lowest BCUT2D eigenvalue weighted by atomic mass is 10.2. The molecule has 1 heterocycles. The molecule has 1 N–H and O–H groups in total. The number of nitriles is 1. The summed E-state index contributed by atoms with van der Waals surface area (Å²) in [5.41, 5.74) is 3.09. The molecule has 0 saturated carbocycles. The van der Waals surface area contributed by atoms with Gasteiger partial charge in [0.25, 0.3) is 0 Å². The average Bonchev–Trinajstić information content (AvgIpc) is 2.38. The number of hydrogen-bond acceptors (Lipinski definition) is 5. The molecule has 0 fully saturated rings. The summed E-state index contributed by atoms with van der Waals surface area (Å²) in [7, 11) is 3.96. The second-order valence-corrected chi connectivity index (χ2v) is 4.40. The lowest BCUT2D eigenvalue weighted by Crippen LogP contribution is -2.08. The smallest absolute Gasteiger partial charge is 0.228 e. The Hall–Kier alpha value is -2.61. The van der Waals surface area contributed by atoms with E-state index in [0.29, 0.717) is 11.6 Å². The first-order valence-corrected chi connectivity index (χ1v) is 5.88. The number of hydrogen-bond donors (Lipinski definition) is 1. The van der Waals surface area contributed by atoms with Crippen molar-refractivity contribution in [1.82, 2.24) is 9.97 Å². The summed E-state index contributed by atoms with van der Waals surface area (Å²) >= 11 is 0. The van der Waals surface area contributed by atoms with Gasteiger partial charge in [-0.3, -0.25) is 0 Å². The Kier molecular flexibility index (Phi) is 3.62. The molecule has 5 nitrogen and oxygen atoms in total. The van der Waals surface area contributed by atoms with Crippen LogP contribution in [0.25, 0.3) is 0 Å². The molecular weight excluding hydrogens is 238 g/mol. The lowest BCUT2D eigenvalue weighted by molar-refractivity contribution is 1.08. The van der Waals surface area contributed by atoms with E-state index in [1.54, 1.807) is 6.07 Å². The number of rotatable bonds is 3. The molecule has 2 rings (SSSR count). The summed E-state index contributed by atoms with van der Waals surface area (Å²) in [5, 5.41) is 12.0. The Morgan fingerprint density at radius 3 is 2.68 bits per heavy atom. The van der Waals surface area contributed by atoms with Crippen molar-refractivity contribution >= 4 is 17.3 Å². The summed E-state index contributed by atoms with van der Waals surface area (Å²) in [6.07, 6.45) is 0. The van der Waals surface area contributed by atoms with Crippen LogP contribution in [0.15, 0.2) is 30.3 Å². The third-order valence-corrected chi connectivity index (χ3v) is 2.59. The highest BCUT2D eigenvalue weighted by Gasteiger charge is 2.03. The van der Waals surface area contributed by atoms with Crippen molar-refractivity contribution < 1.29 is 0 Å². The van der Waals surface area contributed by atoms with E-state index in [9.17, 15) is 0 Å². The van der Waals surface area contributed by atoms with Crippen LogP contribution >= 0.6 is 0 Å². The van der Waals surface area contributed by atoms with E-state index in [1.165, 1.54) is 0 Å². The van der Waals surface area contributed by atoms with Crippen LogP contribution in [-0.2, 0) is 0 Å². The Bertz CT molecular complexity index is 628. The number of nitrogens with zero attached hydrogens (tertiary/aromatic N) is 4. The molecule has 0 amide bonds. The minimum absolute atomic E-state index is 0.360. The maximum Gasteiger partial charge on any atom is 0.228 e. The Morgan fingerprint density at radius 2 is 2.00 bits per heavy atom. The molecular formula is C14H15N5. The zero-order valence-electron chi connectivity index (χ0n) is 11.2. The molecule has 19 heavy (non-hydrogen) atoms. The van der Waals surface area contributed by atoms with Crippen LogP contribution in [0.5, 0.6) is 0 Å². The van der Waals surface area contributed by atoms with Crippen molar-refractivity contribution in [1.29, 1.82) is 5.26 Å². The third kappa shape index (κ3) is 3.19. The third-order valence-electron chi connectivity index (χ3n) is 2.59. The molecule has 0 radical (unpaired) electrons. The Balaban J connectivity index is 2.28. The molecule has 1 aromatic carbocycles. The van der Waals surface area contributed by atoms with E-state index in [4.69, 9.17) is 5.26 Å². The van der Waals surface area contributed by atoms with E-state index >= 15 is 0 Å². The van der Waals surface area contributed by atoms with Gasteiger partial charge >= 0.3 is 0 Å². The fourth-order valence-electron chi connectivity index (χ4n) is 1.67. The molecule has 0 unspecified atom stereocenters. The highest BCUT2D eigenvalue weighted by Crippen LogP contribution is 2.20. The van der Waals surface area contributed by atoms with E-state index in [2.05, 4.69) is 15.3 Å². The molecule has 2 aromatic rings. The van der Waals surface area contributed by atoms with Gasteiger partial charge in [0.05, 0.1) is 0 Å². The molecule has 0 aliphatic heterocycles. The van der Waals surface area contributed by atoms with Crippen LogP contribution in [0.3, 0.4) is 0 Å². The number of nitrogens with one attached hydrogen (secondary N) is 1. The van der Waals surface area contributed by atoms with Crippen LogP contribution in [0.2, 0.25) is 0 Å². The quantitative estimate of drug-likeness (QED) is 0.910. The maximum absolute atomic E-state index is 8.89. The van der Waals surface area contributed by atoms with Gasteiger partial charge < -0.3 is 10.2 Å². The highest BCUT2D eigenvalue weighted by molar-refractivity contribution is 5.61. The van der Waals surface area contributed by atoms with Crippen molar-refractivity contribution in [2.75, 3.05) is 24.3 Å². The fourth-order valence-corrected chi connectivity index (χ4v) is 1.67. The SMILES string of the molecule is Cc1cc(C#N)nc(Nc2cccc(N(C)C)c2)n1. The van der Waals surface area contributed by atoms with Gasteiger partial charge in [0.15, 0.2) is 0 Å². The number of aromatic nitrogens is 2. The minimum atomic E-state index is 0.360. The summed E-state index contributed by atoms with van der Waals surface area (Å²) in [6, 6.07) is 11.6. The topological polar surface area (TPSA) is 64.8 Å². The molecule has 0 saturated heterocycles. The van der Waals surface area contributed by atoms with Gasteiger partial charge in [0.1, 0.15) is 11.8 Å². The van der Waals surface area contributed by atoms with Crippen LogP contribution in [0.4, 0.5) is 17.3 Å². The van der Waals surface area contributed by atoms with Gasteiger partial charge in [0.2, 0.25) is 5.95 Å². The zero-order valence-corrected chi connectivity index (χ0v) is 11.2. The summed E-state index contributed by atoms with van der Waals surface area (Å²) < 4.78 is 0. The van der Waals surface area contributed by atoms with E-state index in [0.717, 1.165) is 17.1 Å². The first-order chi connectivity index (χ1) is 9.08. The second-order valence-electron chi connectivity index (χ2n) is 4.40. The van der Waals surface area contributed by atoms with Crippen LogP contribution in [-0.4, -0.2) is 24.1 Å². The minimum Gasteiger partial charge on any atom is -0.378 e. The van der Waals surface area contributed by atoms with E-state index < -0.39 is 0 Å². The van der Waals surface area contributed by atoms with Gasteiger partial charge in [0, 0.05) is 31.2 Å². The molecule has 0 bridgehead atoms. The molecule has 0 aliphatic rings. The zero-order chi connectivity index (χ0) is 13.8. The predicted molar refractivity (Wildman–Crippen MR) is 75.5 cm³/mol. The van der Waals surface area contributed by atoms with Crippen molar-refractivity contribution in [3.63, 3.8) is 0 Å². The molecule has 0 spiro atoms. The van der Waals surface area contributed by atoms with Crippen molar-refractivity contribution in [3.8, 4) is 6.07 Å². The standard InChI is InChI=1S/C14H15N5/c1-10-7-12(9-15)18-14(16-10)17-11-5-4-6-13(8-11)19(2)3/h4-8H,1-3H3,(H,16,17,18). The summed E-state index contributed by atoms with van der Waals surface area (Å²) in [6.45, 7) is 1.84. The Labute approximate surface area is 112 Å². The average molecular weight is 253 g/mol. The number of aryl methyl sites for hydroxylation is 1. The lowest BCUT2D eigenvalue weighted by Gasteiger charge is -2.14. The predicted octanol–water partition coefficient (Wildman–Crippen LogP) is 2.47. The van der Waals surface area contributed by atoms with Gasteiger partial charge in [-0.25, -0.2) is 9.97 Å². The maximum atomic E-state index is 8.89. The van der Waals surface area contributed by atoms with Gasteiger partial charge in [-0.15, -0.1) is 0 Å². The van der Waals surface area contributed by atoms with Gasteiger partial charge in [-0.2, -0.15) is 5.26 Å². The summed E-state index contributed by atoms with van der Waals surface area (Å²) in [4.78, 5) is 10.4. The first kappa shape index (κ1) is 12.8. The van der Waals surface area contributed by atoms with Gasteiger partial charge in [-0.1, -0.05) is 6.07 Å². The normalized spacial score (nSPS) is 9.79. The largest absolute Gasteiger partial charge is 0.378 e. The monoisotopic (exact) mass is 253 g/mol. The first-order valence-electron chi connectivity index (χ1n) is 5.88.